The van der Waals surface area contributed by atoms with Crippen LogP contribution in [0.2, 0.25) is 0 Å². The Labute approximate surface area is 94.9 Å². The highest BCUT2D eigenvalue weighted by atomic mass is 19.1. The van der Waals surface area contributed by atoms with Crippen molar-refractivity contribution in [3.05, 3.63) is 29.6 Å². The molecule has 0 bridgehead atoms. The highest BCUT2D eigenvalue weighted by molar-refractivity contribution is 5.31. The maximum Gasteiger partial charge on any atom is 0.164 e. The van der Waals surface area contributed by atoms with Crippen molar-refractivity contribution in [3.8, 4) is 5.75 Å². The quantitative estimate of drug-likeness (QED) is 0.716. The van der Waals surface area contributed by atoms with Crippen molar-refractivity contribution >= 4 is 0 Å². The Balaban J connectivity index is 2.90. The first-order valence-electron chi connectivity index (χ1n) is 5.41. The molecule has 1 aromatic rings. The Hall–Kier alpha value is -1.13. The fourth-order valence-electron chi connectivity index (χ4n) is 1.84. The van der Waals surface area contributed by atoms with Crippen LogP contribution in [0.3, 0.4) is 0 Å². The Morgan fingerprint density at radius 1 is 1.44 bits per heavy atom. The third-order valence-corrected chi connectivity index (χ3v) is 2.72. The number of halogens is 1. The molecule has 0 fully saturated rings. The number of aliphatic hydroxyl groups is 1. The maximum atomic E-state index is 12.9. The Morgan fingerprint density at radius 2 is 2.12 bits per heavy atom. The second-order valence-corrected chi connectivity index (χ2v) is 3.85. The normalized spacial score (nSPS) is 14.8. The lowest BCUT2D eigenvalue weighted by atomic mass is 9.90. The predicted molar refractivity (Wildman–Crippen MR) is 61.0 cm³/mol. The van der Waals surface area contributed by atoms with Gasteiger partial charge in [0, 0.05) is 12.5 Å². The molecule has 0 saturated carbocycles. The number of rotatable bonds is 5. The zero-order valence-corrected chi connectivity index (χ0v) is 9.57. The van der Waals surface area contributed by atoms with Gasteiger partial charge < -0.3 is 15.5 Å². The van der Waals surface area contributed by atoms with Crippen molar-refractivity contribution in [1.29, 1.82) is 0 Å². The molecule has 0 saturated heterocycles. The van der Waals surface area contributed by atoms with Gasteiger partial charge in [-0.05, 0) is 31.2 Å². The fourth-order valence-corrected chi connectivity index (χ4v) is 1.84. The minimum atomic E-state index is -0.637. The summed E-state index contributed by atoms with van der Waals surface area (Å²) in [5, 5.41) is 22.1. The number of phenols is 1. The molecule has 3 N–H and O–H groups in total. The summed E-state index contributed by atoms with van der Waals surface area (Å²) in [6, 6.07) is 4.20. The smallest absolute Gasteiger partial charge is 0.164 e. The first-order chi connectivity index (χ1) is 7.60. The molecule has 0 aromatic heterocycles. The second-order valence-electron chi connectivity index (χ2n) is 3.85. The van der Waals surface area contributed by atoms with E-state index >= 15 is 0 Å². The van der Waals surface area contributed by atoms with Crippen LogP contribution in [0.5, 0.6) is 5.75 Å². The molecular weight excluding hydrogens is 209 g/mol. The lowest BCUT2D eigenvalue weighted by molar-refractivity contribution is 0.140. The summed E-state index contributed by atoms with van der Waals surface area (Å²) in [6.45, 7) is 2.42. The van der Waals surface area contributed by atoms with E-state index in [2.05, 4.69) is 5.32 Å². The van der Waals surface area contributed by atoms with Gasteiger partial charge in [-0.1, -0.05) is 13.0 Å². The zero-order valence-electron chi connectivity index (χ0n) is 9.57. The topological polar surface area (TPSA) is 52.5 Å². The van der Waals surface area contributed by atoms with Crippen LogP contribution in [0, 0.1) is 5.82 Å². The molecule has 2 unspecified atom stereocenters. The van der Waals surface area contributed by atoms with Crippen molar-refractivity contribution in [2.75, 3.05) is 13.6 Å². The van der Waals surface area contributed by atoms with E-state index in [0.717, 1.165) is 12.0 Å². The molecule has 16 heavy (non-hydrogen) atoms. The van der Waals surface area contributed by atoms with E-state index in [-0.39, 0.29) is 11.7 Å². The highest BCUT2D eigenvalue weighted by Gasteiger charge is 2.19. The average molecular weight is 227 g/mol. The van der Waals surface area contributed by atoms with Crippen molar-refractivity contribution in [2.45, 2.75) is 25.4 Å². The number of aromatic hydroxyl groups is 1. The number of benzene rings is 1. The Morgan fingerprint density at radius 3 is 2.62 bits per heavy atom. The van der Waals surface area contributed by atoms with Gasteiger partial charge in [0.2, 0.25) is 0 Å². The highest BCUT2D eigenvalue weighted by Crippen LogP contribution is 2.27. The Kier molecular flexibility index (Phi) is 4.71. The van der Waals surface area contributed by atoms with Crippen LogP contribution in [-0.4, -0.2) is 29.9 Å². The monoisotopic (exact) mass is 227 g/mol. The third-order valence-electron chi connectivity index (χ3n) is 2.72. The van der Waals surface area contributed by atoms with Crippen LogP contribution in [0.15, 0.2) is 18.2 Å². The molecule has 2 atom stereocenters. The van der Waals surface area contributed by atoms with Crippen molar-refractivity contribution in [2.24, 2.45) is 0 Å². The first-order valence-corrected chi connectivity index (χ1v) is 5.41. The minimum Gasteiger partial charge on any atom is -0.505 e. The standard InChI is InChI=1S/C12H18FNO2/c1-3-9(12(16)7-14-2)8-4-5-10(13)11(15)6-8/h4-6,9,12,14-16H,3,7H2,1-2H3. The van der Waals surface area contributed by atoms with Gasteiger partial charge in [0.1, 0.15) is 0 Å². The van der Waals surface area contributed by atoms with Gasteiger partial charge in [-0.2, -0.15) is 0 Å². The third kappa shape index (κ3) is 2.93. The summed E-state index contributed by atoms with van der Waals surface area (Å²) in [7, 11) is 1.76. The number of nitrogens with one attached hydrogen (secondary N) is 1. The average Bonchev–Trinajstić information content (AvgIpc) is 2.25. The van der Waals surface area contributed by atoms with Crippen LogP contribution in [-0.2, 0) is 0 Å². The van der Waals surface area contributed by atoms with E-state index in [9.17, 15) is 14.6 Å². The number of hydrogen-bond acceptors (Lipinski definition) is 3. The van der Waals surface area contributed by atoms with Gasteiger partial charge in [-0.15, -0.1) is 0 Å². The Bertz CT molecular complexity index is 344. The van der Waals surface area contributed by atoms with Crippen LogP contribution < -0.4 is 5.32 Å². The molecule has 1 aromatic carbocycles. The molecule has 0 aliphatic heterocycles. The molecule has 0 spiro atoms. The summed E-state index contributed by atoms with van der Waals surface area (Å²) in [6.07, 6.45) is 0.188. The number of aliphatic hydroxyl groups excluding tert-OH is 1. The summed E-state index contributed by atoms with van der Waals surface area (Å²) in [5.74, 6) is -1.10. The summed E-state index contributed by atoms with van der Waals surface area (Å²) in [4.78, 5) is 0. The molecular formula is C12H18FNO2. The first kappa shape index (κ1) is 12.9. The molecule has 0 aliphatic carbocycles. The van der Waals surface area contributed by atoms with Crippen molar-refractivity contribution in [1.82, 2.24) is 5.32 Å². The largest absolute Gasteiger partial charge is 0.505 e. The van der Waals surface area contributed by atoms with Gasteiger partial charge in [0.15, 0.2) is 11.6 Å². The maximum absolute atomic E-state index is 12.9. The lowest BCUT2D eigenvalue weighted by Gasteiger charge is -2.22. The molecule has 4 heteroatoms. The van der Waals surface area contributed by atoms with Gasteiger partial charge >= 0.3 is 0 Å². The summed E-state index contributed by atoms with van der Waals surface area (Å²) >= 11 is 0. The van der Waals surface area contributed by atoms with Crippen molar-refractivity contribution < 1.29 is 14.6 Å². The molecule has 0 heterocycles. The van der Waals surface area contributed by atoms with Gasteiger partial charge in [-0.3, -0.25) is 0 Å². The number of likely N-dealkylation sites (N-methyl/N-ethyl adjacent to an activating group) is 1. The van der Waals surface area contributed by atoms with Crippen LogP contribution >= 0.6 is 0 Å². The van der Waals surface area contributed by atoms with Crippen LogP contribution in [0.25, 0.3) is 0 Å². The van der Waals surface area contributed by atoms with Gasteiger partial charge in [-0.25, -0.2) is 4.39 Å². The van der Waals surface area contributed by atoms with E-state index < -0.39 is 11.9 Å². The zero-order chi connectivity index (χ0) is 12.1. The van der Waals surface area contributed by atoms with E-state index in [0.29, 0.717) is 6.54 Å². The molecule has 0 aliphatic rings. The van der Waals surface area contributed by atoms with Gasteiger partial charge in [0.05, 0.1) is 6.10 Å². The van der Waals surface area contributed by atoms with Crippen molar-refractivity contribution in [3.63, 3.8) is 0 Å². The van der Waals surface area contributed by atoms with Gasteiger partial charge in [0.25, 0.3) is 0 Å². The fraction of sp³-hybridized carbons (Fsp3) is 0.500. The minimum absolute atomic E-state index is 0.0982. The summed E-state index contributed by atoms with van der Waals surface area (Å²) in [5.41, 5.74) is 0.754. The number of phenolic OH excluding ortho intramolecular Hbond substituents is 1. The lowest BCUT2D eigenvalue weighted by Crippen LogP contribution is -2.29. The van der Waals surface area contributed by atoms with E-state index in [4.69, 9.17) is 0 Å². The number of hydrogen-bond donors (Lipinski definition) is 3. The molecule has 3 nitrogen and oxygen atoms in total. The summed E-state index contributed by atoms with van der Waals surface area (Å²) < 4.78 is 12.9. The SMILES string of the molecule is CCC(c1ccc(F)c(O)c1)C(O)CNC. The second kappa shape index (κ2) is 5.82. The molecule has 1 rings (SSSR count). The van der Waals surface area contributed by atoms with Crippen LogP contribution in [0.1, 0.15) is 24.8 Å². The predicted octanol–water partition coefficient (Wildman–Crippen LogP) is 1.61. The molecule has 0 amide bonds. The van der Waals surface area contributed by atoms with E-state index in [1.165, 1.54) is 12.1 Å². The van der Waals surface area contributed by atoms with E-state index in [1.807, 2.05) is 6.92 Å². The van der Waals surface area contributed by atoms with E-state index in [1.54, 1.807) is 13.1 Å². The molecule has 90 valence electrons. The van der Waals surface area contributed by atoms with Crippen LogP contribution in [0.4, 0.5) is 4.39 Å². The molecule has 0 radical (unpaired) electrons.